The van der Waals surface area contributed by atoms with Gasteiger partial charge in [0, 0.05) is 25.7 Å². The number of rotatable bonds is 69. The highest BCUT2D eigenvalue weighted by molar-refractivity contribution is 7.47. The zero-order valence-electron chi connectivity index (χ0n) is 57.7. The molecule has 0 aromatic rings. The van der Waals surface area contributed by atoms with Crippen LogP contribution in [0.4, 0.5) is 0 Å². The van der Waals surface area contributed by atoms with Gasteiger partial charge in [-0.25, -0.2) is 9.13 Å². The molecule has 0 heterocycles. The number of ether oxygens (including phenoxy) is 4. The molecule has 0 aliphatic carbocycles. The minimum absolute atomic E-state index is 0.105. The molecule has 0 aromatic heterocycles. The second-order valence-electron chi connectivity index (χ2n) is 26.2. The number of phosphoric ester groups is 2. The second kappa shape index (κ2) is 62.2. The van der Waals surface area contributed by atoms with Gasteiger partial charge in [0.1, 0.15) is 19.3 Å². The third-order valence-corrected chi connectivity index (χ3v) is 18.1. The van der Waals surface area contributed by atoms with Gasteiger partial charge in [-0.15, -0.1) is 0 Å². The van der Waals surface area contributed by atoms with Crippen molar-refractivity contribution >= 4 is 39.5 Å². The van der Waals surface area contributed by atoms with Gasteiger partial charge in [0.15, 0.2) is 12.2 Å². The lowest BCUT2D eigenvalue weighted by Crippen LogP contribution is -2.30. The smallest absolute Gasteiger partial charge is 0.462 e. The summed E-state index contributed by atoms with van der Waals surface area (Å²) in [5.74, 6) is -0.681. The second-order valence-corrected chi connectivity index (χ2v) is 29.1. The zero-order chi connectivity index (χ0) is 65.7. The maximum absolute atomic E-state index is 13.0. The Morgan fingerprint density at radius 1 is 0.303 bits per heavy atom. The lowest BCUT2D eigenvalue weighted by atomic mass is 10.0. The van der Waals surface area contributed by atoms with E-state index in [2.05, 4.69) is 41.5 Å². The van der Waals surface area contributed by atoms with E-state index < -0.39 is 97.5 Å². The van der Waals surface area contributed by atoms with Crippen LogP contribution < -0.4 is 0 Å². The van der Waals surface area contributed by atoms with Crippen LogP contribution in [0.25, 0.3) is 0 Å². The first kappa shape index (κ1) is 87.1. The highest BCUT2D eigenvalue weighted by atomic mass is 31.2. The summed E-state index contributed by atoms with van der Waals surface area (Å²) in [5.41, 5.74) is 0. The molecule has 0 aromatic carbocycles. The van der Waals surface area contributed by atoms with E-state index in [9.17, 15) is 43.2 Å². The molecular weight excluding hydrogens is 1170 g/mol. The Hall–Kier alpha value is -1.94. The summed E-state index contributed by atoms with van der Waals surface area (Å²) in [6.45, 7) is 9.47. The zero-order valence-corrected chi connectivity index (χ0v) is 59.5. The van der Waals surface area contributed by atoms with Crippen molar-refractivity contribution in [2.24, 2.45) is 11.8 Å². The van der Waals surface area contributed by atoms with E-state index in [1.54, 1.807) is 0 Å². The highest BCUT2D eigenvalue weighted by Gasteiger charge is 2.30. The number of esters is 4. The summed E-state index contributed by atoms with van der Waals surface area (Å²) < 4.78 is 68.2. The Labute approximate surface area is 543 Å². The molecule has 89 heavy (non-hydrogen) atoms. The van der Waals surface area contributed by atoms with Crippen molar-refractivity contribution in [2.75, 3.05) is 39.6 Å². The van der Waals surface area contributed by atoms with Crippen molar-refractivity contribution in [1.82, 2.24) is 0 Å². The van der Waals surface area contributed by atoms with Crippen LogP contribution in [0, 0.1) is 11.8 Å². The maximum atomic E-state index is 13.0. The summed E-state index contributed by atoms with van der Waals surface area (Å²) in [6, 6.07) is 0. The van der Waals surface area contributed by atoms with Gasteiger partial charge in [0.05, 0.1) is 26.4 Å². The van der Waals surface area contributed by atoms with Gasteiger partial charge >= 0.3 is 39.5 Å². The molecule has 5 atom stereocenters. The predicted octanol–water partition coefficient (Wildman–Crippen LogP) is 20.0. The van der Waals surface area contributed by atoms with E-state index in [0.717, 1.165) is 102 Å². The van der Waals surface area contributed by atoms with Crippen molar-refractivity contribution in [2.45, 2.75) is 374 Å². The Balaban J connectivity index is 5.22. The molecular formula is C70H136O17P2. The fraction of sp³-hybridized carbons (Fsp3) is 0.943. The molecule has 3 N–H and O–H groups in total. The number of carbonyl (C=O) groups is 4. The lowest BCUT2D eigenvalue weighted by molar-refractivity contribution is -0.161. The first-order chi connectivity index (χ1) is 42.9. The molecule has 2 unspecified atom stereocenters. The number of carbonyl (C=O) groups excluding carboxylic acids is 4. The van der Waals surface area contributed by atoms with Crippen molar-refractivity contribution in [3.8, 4) is 0 Å². The fourth-order valence-electron chi connectivity index (χ4n) is 10.6. The first-order valence-electron chi connectivity index (χ1n) is 36.5. The van der Waals surface area contributed by atoms with Gasteiger partial charge in [-0.1, -0.05) is 305 Å². The van der Waals surface area contributed by atoms with E-state index in [1.165, 1.54) is 173 Å². The molecule has 0 spiro atoms. The third-order valence-electron chi connectivity index (χ3n) is 16.2. The van der Waals surface area contributed by atoms with Crippen LogP contribution in [0.2, 0.25) is 0 Å². The standard InChI is InChI=1S/C70H136O17P2/c1-7-9-11-13-15-17-19-20-21-22-23-24-25-27-36-42-48-54-69(74)86-65(59-81-68(73)53-47-41-35-30-28-32-38-44-50-62(3)4)60-84-88(76,77)82-56-64(71)57-83-89(78,79)85-61-66(58-80-67(72)52-46-40-34-26-18-16-14-12-10-8-2)87-70(75)55-49-43-37-31-29-33-39-45-51-63(5)6/h62-66,71H,7-61H2,1-6H3,(H,76,77)(H,78,79)/t64-,65-,66-/m1/s1. The molecule has 0 radical (unpaired) electrons. The molecule has 0 amide bonds. The molecule has 528 valence electrons. The lowest BCUT2D eigenvalue weighted by Gasteiger charge is -2.21. The molecule has 0 saturated heterocycles. The monoisotopic (exact) mass is 1310 g/mol. The maximum Gasteiger partial charge on any atom is 0.472 e. The minimum Gasteiger partial charge on any atom is -0.462 e. The quantitative estimate of drug-likeness (QED) is 0.0222. The Kier molecular flexibility index (Phi) is 60.8. The average Bonchev–Trinajstić information content (AvgIpc) is 3.71. The number of aliphatic hydroxyl groups excluding tert-OH is 1. The largest absolute Gasteiger partial charge is 0.472 e. The molecule has 0 saturated carbocycles. The van der Waals surface area contributed by atoms with Crippen LogP contribution >= 0.6 is 15.6 Å². The van der Waals surface area contributed by atoms with Crippen LogP contribution in [0.1, 0.15) is 356 Å². The molecule has 0 aliphatic heterocycles. The molecule has 17 nitrogen and oxygen atoms in total. The van der Waals surface area contributed by atoms with E-state index in [4.69, 9.17) is 37.0 Å². The van der Waals surface area contributed by atoms with Crippen molar-refractivity contribution in [1.29, 1.82) is 0 Å². The normalized spacial score (nSPS) is 14.1. The van der Waals surface area contributed by atoms with Gasteiger partial charge in [-0.2, -0.15) is 0 Å². The van der Waals surface area contributed by atoms with Gasteiger partial charge in [0.2, 0.25) is 0 Å². The molecule has 0 bridgehead atoms. The number of hydrogen-bond acceptors (Lipinski definition) is 15. The van der Waals surface area contributed by atoms with Crippen molar-refractivity contribution in [3.05, 3.63) is 0 Å². The summed E-state index contributed by atoms with van der Waals surface area (Å²) in [4.78, 5) is 72.5. The number of unbranched alkanes of at least 4 members (excludes halogenated alkanes) is 39. The van der Waals surface area contributed by atoms with Crippen molar-refractivity contribution < 1.29 is 80.2 Å². The molecule has 0 aliphatic rings. The Morgan fingerprint density at radius 2 is 0.517 bits per heavy atom. The highest BCUT2D eigenvalue weighted by Crippen LogP contribution is 2.45. The minimum atomic E-state index is -4.95. The van der Waals surface area contributed by atoms with Crippen LogP contribution in [0.5, 0.6) is 0 Å². The summed E-state index contributed by atoms with van der Waals surface area (Å²) in [5, 5.41) is 10.6. The van der Waals surface area contributed by atoms with Gasteiger partial charge in [0.25, 0.3) is 0 Å². The first-order valence-corrected chi connectivity index (χ1v) is 39.5. The van der Waals surface area contributed by atoms with Crippen LogP contribution in [-0.2, 0) is 65.4 Å². The Morgan fingerprint density at radius 3 is 0.764 bits per heavy atom. The van der Waals surface area contributed by atoms with E-state index in [0.29, 0.717) is 25.7 Å². The van der Waals surface area contributed by atoms with Crippen LogP contribution in [0.15, 0.2) is 0 Å². The number of hydrogen-bond donors (Lipinski definition) is 3. The van der Waals surface area contributed by atoms with Gasteiger partial charge < -0.3 is 33.8 Å². The summed E-state index contributed by atoms with van der Waals surface area (Å²) in [6.07, 6.45) is 47.3. The number of phosphoric acid groups is 2. The van der Waals surface area contributed by atoms with Crippen LogP contribution in [-0.4, -0.2) is 96.7 Å². The summed E-state index contributed by atoms with van der Waals surface area (Å²) in [7, 11) is -9.90. The fourth-order valence-corrected chi connectivity index (χ4v) is 12.2. The van der Waals surface area contributed by atoms with E-state index in [-0.39, 0.29) is 25.7 Å². The average molecular weight is 1310 g/mol. The third kappa shape index (κ3) is 64.6. The van der Waals surface area contributed by atoms with Crippen molar-refractivity contribution in [3.63, 3.8) is 0 Å². The van der Waals surface area contributed by atoms with E-state index >= 15 is 0 Å². The van der Waals surface area contributed by atoms with E-state index in [1.807, 2.05) is 0 Å². The Bertz CT molecular complexity index is 1730. The topological polar surface area (TPSA) is 237 Å². The van der Waals surface area contributed by atoms with Crippen LogP contribution in [0.3, 0.4) is 0 Å². The summed E-state index contributed by atoms with van der Waals surface area (Å²) >= 11 is 0. The molecule has 19 heteroatoms. The predicted molar refractivity (Wildman–Crippen MR) is 358 cm³/mol. The SMILES string of the molecule is CCCCCCCCCCCCCCCCCCCC(=O)O[C@H](COC(=O)CCCCCCCCCCC(C)C)COP(=O)(O)OC[C@@H](O)COP(=O)(O)OC[C@@H](COC(=O)CCCCCCCCCCCC)OC(=O)CCCCCCCCCCC(C)C. The van der Waals surface area contributed by atoms with Gasteiger partial charge in [-0.05, 0) is 37.5 Å². The molecule has 0 rings (SSSR count). The molecule has 0 fully saturated rings. The number of aliphatic hydroxyl groups is 1. The van der Waals surface area contributed by atoms with Gasteiger partial charge in [-0.3, -0.25) is 37.3 Å².